The molecule has 2 aromatic carbocycles. The smallest absolute Gasteiger partial charge is 0.295 e. The number of halogens is 1. The highest BCUT2D eigenvalue weighted by Crippen LogP contribution is 2.34. The molecular weight excluding hydrogens is 424 g/mol. The van der Waals surface area contributed by atoms with Gasteiger partial charge in [-0.1, -0.05) is 48.0 Å². The predicted octanol–water partition coefficient (Wildman–Crippen LogP) is 3.70. The number of nitrogens with one attached hydrogen (secondary N) is 1. The molecule has 0 aliphatic carbocycles. The van der Waals surface area contributed by atoms with Gasteiger partial charge in [-0.3, -0.25) is 9.59 Å². The third-order valence-electron chi connectivity index (χ3n) is 5.59. The van der Waals surface area contributed by atoms with E-state index in [4.69, 9.17) is 11.6 Å². The summed E-state index contributed by atoms with van der Waals surface area (Å²) in [5.41, 5.74) is 2.27. The quantitative estimate of drug-likeness (QED) is 0.493. The number of carbonyl (C=O) groups is 2. The number of aromatic nitrogens is 1. The van der Waals surface area contributed by atoms with Crippen LogP contribution in [0.2, 0.25) is 5.02 Å². The van der Waals surface area contributed by atoms with Crippen molar-refractivity contribution in [2.45, 2.75) is 18.6 Å². The van der Waals surface area contributed by atoms with Crippen LogP contribution >= 0.6 is 11.6 Å². The Labute approximate surface area is 179 Å². The van der Waals surface area contributed by atoms with E-state index < -0.39 is 26.8 Å². The molecule has 8 heteroatoms. The summed E-state index contributed by atoms with van der Waals surface area (Å²) in [6.45, 7) is 1.90. The lowest BCUT2D eigenvalue weighted by molar-refractivity contribution is -0.126. The molecule has 0 saturated carbocycles. The van der Waals surface area contributed by atoms with Gasteiger partial charge in [0.25, 0.3) is 11.7 Å². The Morgan fingerprint density at radius 2 is 1.77 bits per heavy atom. The number of hydrogen-bond acceptors (Lipinski definition) is 4. The standard InChI is InChI=1S/C22H21ClN2O4S/c1-14-20(16-7-3-5-9-18(16)24-14)21(26)22(27)25-11-10-19(30(28,29)13-12-25)15-6-2-4-8-17(15)23/h2-9,19,24H,10-13H2,1H3. The lowest BCUT2D eigenvalue weighted by atomic mass is 10.1. The van der Waals surface area contributed by atoms with Crippen LogP contribution in [0.1, 0.15) is 33.3 Å². The van der Waals surface area contributed by atoms with Crippen LogP contribution in [0.25, 0.3) is 10.9 Å². The molecule has 1 N–H and O–H groups in total. The fourth-order valence-electron chi connectivity index (χ4n) is 4.05. The Balaban J connectivity index is 1.61. The largest absolute Gasteiger partial charge is 0.358 e. The zero-order valence-corrected chi connectivity index (χ0v) is 18.0. The van der Waals surface area contributed by atoms with Crippen LogP contribution in [0.5, 0.6) is 0 Å². The van der Waals surface area contributed by atoms with Gasteiger partial charge in [-0.25, -0.2) is 8.42 Å². The minimum absolute atomic E-state index is 0.0186. The Bertz CT molecular complexity index is 1250. The summed E-state index contributed by atoms with van der Waals surface area (Å²) in [6, 6.07) is 14.1. The highest BCUT2D eigenvalue weighted by atomic mass is 35.5. The summed E-state index contributed by atoms with van der Waals surface area (Å²) in [5.74, 6) is -1.52. The van der Waals surface area contributed by atoms with Crippen molar-refractivity contribution >= 4 is 44.0 Å². The number of amides is 1. The van der Waals surface area contributed by atoms with Gasteiger partial charge < -0.3 is 9.88 Å². The Morgan fingerprint density at radius 1 is 1.07 bits per heavy atom. The van der Waals surface area contributed by atoms with Crippen LogP contribution in [0.15, 0.2) is 48.5 Å². The molecule has 1 aromatic heterocycles. The topological polar surface area (TPSA) is 87.3 Å². The molecule has 0 bridgehead atoms. The minimum Gasteiger partial charge on any atom is -0.358 e. The first-order chi connectivity index (χ1) is 14.3. The van der Waals surface area contributed by atoms with Crippen LogP contribution in [0.3, 0.4) is 0 Å². The van der Waals surface area contributed by atoms with Crippen molar-refractivity contribution in [1.29, 1.82) is 0 Å². The van der Waals surface area contributed by atoms with Crippen molar-refractivity contribution in [3.05, 3.63) is 70.4 Å². The fraction of sp³-hybridized carbons (Fsp3) is 0.273. The summed E-state index contributed by atoms with van der Waals surface area (Å²) in [6.07, 6.45) is 0.192. The van der Waals surface area contributed by atoms with E-state index in [-0.39, 0.29) is 25.3 Å². The molecule has 3 aromatic rings. The SMILES string of the molecule is Cc1[nH]c2ccccc2c1C(=O)C(=O)N1CCC(c2ccccc2Cl)S(=O)(=O)CC1. The first kappa shape index (κ1) is 20.6. The number of Topliss-reactive ketones (excluding diaryl/α,β-unsaturated/α-hetero) is 1. The molecule has 1 aliphatic rings. The van der Waals surface area contributed by atoms with E-state index in [0.29, 0.717) is 27.2 Å². The monoisotopic (exact) mass is 444 g/mol. The molecule has 2 heterocycles. The molecule has 1 saturated heterocycles. The van der Waals surface area contributed by atoms with Gasteiger partial charge in [0.05, 0.1) is 16.6 Å². The van der Waals surface area contributed by atoms with Crippen molar-refractivity contribution in [2.24, 2.45) is 0 Å². The third kappa shape index (κ3) is 3.63. The molecule has 1 unspecified atom stereocenters. The summed E-state index contributed by atoms with van der Waals surface area (Å²) in [5, 5.41) is 0.273. The zero-order valence-electron chi connectivity index (χ0n) is 16.4. The van der Waals surface area contributed by atoms with E-state index in [1.54, 1.807) is 37.3 Å². The van der Waals surface area contributed by atoms with Crippen LogP contribution < -0.4 is 0 Å². The van der Waals surface area contributed by atoms with Crippen LogP contribution in [0, 0.1) is 6.92 Å². The first-order valence-corrected chi connectivity index (χ1v) is 11.8. The Morgan fingerprint density at radius 3 is 2.53 bits per heavy atom. The fourth-order valence-corrected chi connectivity index (χ4v) is 6.20. The van der Waals surface area contributed by atoms with Gasteiger partial charge in [0.15, 0.2) is 9.84 Å². The molecule has 6 nitrogen and oxygen atoms in total. The summed E-state index contributed by atoms with van der Waals surface area (Å²) in [4.78, 5) is 30.5. The van der Waals surface area contributed by atoms with Crippen LogP contribution in [0.4, 0.5) is 0 Å². The molecule has 1 fully saturated rings. The minimum atomic E-state index is -3.52. The van der Waals surface area contributed by atoms with E-state index in [2.05, 4.69) is 4.98 Å². The second-order valence-corrected chi connectivity index (χ2v) is 10.2. The predicted molar refractivity (Wildman–Crippen MR) is 117 cm³/mol. The number of rotatable bonds is 3. The number of para-hydroxylation sites is 1. The Kier molecular flexibility index (Phi) is 5.42. The second kappa shape index (κ2) is 7.89. The number of ketones is 1. The molecule has 30 heavy (non-hydrogen) atoms. The molecule has 1 aliphatic heterocycles. The maximum absolute atomic E-state index is 13.0. The number of fused-ring (bicyclic) bond motifs is 1. The number of nitrogens with zero attached hydrogens (tertiary/aromatic N) is 1. The van der Waals surface area contributed by atoms with E-state index in [9.17, 15) is 18.0 Å². The van der Waals surface area contributed by atoms with Crippen molar-refractivity contribution < 1.29 is 18.0 Å². The van der Waals surface area contributed by atoms with Crippen molar-refractivity contribution in [2.75, 3.05) is 18.8 Å². The molecule has 0 spiro atoms. The van der Waals surface area contributed by atoms with Crippen molar-refractivity contribution in [3.63, 3.8) is 0 Å². The number of aryl methyl sites for hydroxylation is 1. The molecule has 1 amide bonds. The number of aromatic amines is 1. The van der Waals surface area contributed by atoms with Gasteiger partial charge in [-0.15, -0.1) is 0 Å². The zero-order chi connectivity index (χ0) is 21.5. The van der Waals surface area contributed by atoms with E-state index >= 15 is 0 Å². The van der Waals surface area contributed by atoms with Gasteiger partial charge >= 0.3 is 0 Å². The first-order valence-electron chi connectivity index (χ1n) is 9.66. The third-order valence-corrected chi connectivity index (χ3v) is 8.05. The molecule has 0 radical (unpaired) electrons. The molecule has 4 rings (SSSR count). The maximum atomic E-state index is 13.0. The van der Waals surface area contributed by atoms with E-state index in [0.717, 1.165) is 5.52 Å². The molecule has 156 valence electrons. The maximum Gasteiger partial charge on any atom is 0.295 e. The number of sulfone groups is 1. The van der Waals surface area contributed by atoms with Gasteiger partial charge in [0, 0.05) is 34.7 Å². The van der Waals surface area contributed by atoms with E-state index in [1.807, 2.05) is 18.2 Å². The van der Waals surface area contributed by atoms with Gasteiger partial charge in [0.2, 0.25) is 0 Å². The number of carbonyl (C=O) groups excluding carboxylic acids is 2. The number of H-pyrrole nitrogens is 1. The average Bonchev–Trinajstić information content (AvgIpc) is 2.97. The van der Waals surface area contributed by atoms with Crippen LogP contribution in [-0.4, -0.2) is 48.8 Å². The van der Waals surface area contributed by atoms with Crippen molar-refractivity contribution in [1.82, 2.24) is 9.88 Å². The molecular formula is C22H21ClN2O4S. The second-order valence-electron chi connectivity index (χ2n) is 7.46. The van der Waals surface area contributed by atoms with Gasteiger partial charge in [0.1, 0.15) is 0 Å². The average molecular weight is 445 g/mol. The normalized spacial score (nSPS) is 18.9. The lowest BCUT2D eigenvalue weighted by Crippen LogP contribution is -2.38. The number of benzene rings is 2. The highest BCUT2D eigenvalue weighted by molar-refractivity contribution is 7.91. The van der Waals surface area contributed by atoms with Gasteiger partial charge in [-0.2, -0.15) is 0 Å². The van der Waals surface area contributed by atoms with Crippen molar-refractivity contribution in [3.8, 4) is 0 Å². The highest BCUT2D eigenvalue weighted by Gasteiger charge is 2.36. The molecule has 1 atom stereocenters. The number of hydrogen-bond donors (Lipinski definition) is 1. The summed E-state index contributed by atoms with van der Waals surface area (Å²) in [7, 11) is -3.52. The van der Waals surface area contributed by atoms with Gasteiger partial charge in [-0.05, 0) is 31.0 Å². The van der Waals surface area contributed by atoms with Crippen LogP contribution in [-0.2, 0) is 14.6 Å². The van der Waals surface area contributed by atoms with E-state index in [1.165, 1.54) is 4.90 Å². The summed E-state index contributed by atoms with van der Waals surface area (Å²) < 4.78 is 25.7. The Hall–Kier alpha value is -2.64. The lowest BCUT2D eigenvalue weighted by Gasteiger charge is -2.19. The summed E-state index contributed by atoms with van der Waals surface area (Å²) >= 11 is 6.23.